The molecule has 0 spiro atoms. The number of carbonyl (C=O) groups is 1. The first-order valence-electron chi connectivity index (χ1n) is 14.4. The van der Waals surface area contributed by atoms with E-state index in [9.17, 15) is 4.79 Å². The Balaban J connectivity index is 1.62. The number of rotatable bonds is 10. The van der Waals surface area contributed by atoms with Crippen molar-refractivity contribution >= 4 is 16.8 Å². The van der Waals surface area contributed by atoms with Crippen molar-refractivity contribution in [2.45, 2.75) is 18.9 Å². The third-order valence-electron chi connectivity index (χ3n) is 8.14. The Kier molecular flexibility index (Phi) is 8.17. The van der Waals surface area contributed by atoms with Crippen molar-refractivity contribution in [1.29, 1.82) is 0 Å². The summed E-state index contributed by atoms with van der Waals surface area (Å²) in [6.45, 7) is 0. The van der Waals surface area contributed by atoms with Gasteiger partial charge in [-0.3, -0.25) is 4.79 Å². The Morgan fingerprint density at radius 2 is 1.24 bits per heavy atom. The third kappa shape index (κ3) is 5.24. The number of methoxy groups -OCH3 is 6. The molecule has 9 heteroatoms. The number of furan rings is 1. The van der Waals surface area contributed by atoms with Gasteiger partial charge in [-0.2, -0.15) is 0 Å². The normalized spacial score (nSPS) is 13.9. The highest BCUT2D eigenvalue weighted by atomic mass is 16.5. The van der Waals surface area contributed by atoms with Gasteiger partial charge in [0.1, 0.15) is 63.3 Å². The molecule has 0 aliphatic carbocycles. The zero-order valence-electron chi connectivity index (χ0n) is 26.0. The van der Waals surface area contributed by atoms with Gasteiger partial charge in [-0.05, 0) is 54.8 Å². The maximum absolute atomic E-state index is 14.9. The van der Waals surface area contributed by atoms with Gasteiger partial charge in [-0.25, -0.2) is 0 Å². The molecule has 5 aromatic rings. The summed E-state index contributed by atoms with van der Waals surface area (Å²) in [7, 11) is 9.38. The van der Waals surface area contributed by atoms with Crippen LogP contribution in [-0.2, 0) is 6.42 Å². The van der Waals surface area contributed by atoms with Gasteiger partial charge >= 0.3 is 0 Å². The Labute approximate surface area is 261 Å². The van der Waals surface area contributed by atoms with E-state index in [2.05, 4.69) is 0 Å². The summed E-state index contributed by atoms with van der Waals surface area (Å²) in [6.07, 6.45) is 1.11. The monoisotopic (exact) mass is 610 g/mol. The molecule has 1 atom stereocenters. The Bertz CT molecular complexity index is 1830. The summed E-state index contributed by atoms with van der Waals surface area (Å²) in [4.78, 5) is 14.9. The van der Waals surface area contributed by atoms with E-state index in [0.717, 1.165) is 16.9 Å². The van der Waals surface area contributed by atoms with Gasteiger partial charge in [-0.15, -0.1) is 0 Å². The van der Waals surface area contributed by atoms with Crippen molar-refractivity contribution in [2.75, 3.05) is 42.7 Å². The molecule has 9 nitrogen and oxygen atoms in total. The largest absolute Gasteiger partial charge is 0.497 e. The van der Waals surface area contributed by atoms with Crippen LogP contribution in [-0.4, -0.2) is 48.4 Å². The predicted molar refractivity (Wildman–Crippen MR) is 169 cm³/mol. The number of benzene rings is 4. The molecule has 0 saturated heterocycles. The molecule has 0 saturated carbocycles. The topological polar surface area (TPSA) is 94.8 Å². The van der Waals surface area contributed by atoms with Crippen LogP contribution in [0.4, 0.5) is 0 Å². The number of ether oxygens (including phenoxy) is 7. The zero-order chi connectivity index (χ0) is 31.7. The van der Waals surface area contributed by atoms with Crippen LogP contribution in [0.15, 0.2) is 71.1 Å². The number of fused-ring (bicyclic) bond motifs is 3. The van der Waals surface area contributed by atoms with Crippen LogP contribution >= 0.6 is 0 Å². The second kappa shape index (κ2) is 12.4. The van der Waals surface area contributed by atoms with Gasteiger partial charge in [0, 0.05) is 29.3 Å². The molecule has 232 valence electrons. The molecule has 4 aromatic carbocycles. The molecule has 0 fully saturated rings. The van der Waals surface area contributed by atoms with E-state index in [4.69, 9.17) is 37.6 Å². The van der Waals surface area contributed by atoms with Crippen LogP contribution in [0.1, 0.15) is 39.6 Å². The van der Waals surface area contributed by atoms with Gasteiger partial charge < -0.3 is 37.6 Å². The maximum Gasteiger partial charge on any atom is 0.205 e. The number of carbonyl (C=O) groups excluding carboxylic acids is 1. The van der Waals surface area contributed by atoms with Crippen molar-refractivity contribution in [1.82, 2.24) is 0 Å². The van der Waals surface area contributed by atoms with Crippen LogP contribution in [0.2, 0.25) is 0 Å². The van der Waals surface area contributed by atoms with Crippen molar-refractivity contribution < 1.29 is 42.4 Å². The lowest BCUT2D eigenvalue weighted by Gasteiger charge is -2.28. The first-order valence-corrected chi connectivity index (χ1v) is 14.4. The second-order valence-electron chi connectivity index (χ2n) is 10.4. The maximum atomic E-state index is 14.9. The van der Waals surface area contributed by atoms with Crippen LogP contribution in [0.5, 0.6) is 40.2 Å². The summed E-state index contributed by atoms with van der Waals surface area (Å²) in [6, 6.07) is 20.2. The van der Waals surface area contributed by atoms with Gasteiger partial charge in [0.15, 0.2) is 0 Å². The molecule has 1 aliphatic rings. The van der Waals surface area contributed by atoms with Crippen LogP contribution in [0.25, 0.3) is 22.3 Å². The molecule has 1 aliphatic heterocycles. The lowest BCUT2D eigenvalue weighted by molar-refractivity contribution is 0.103. The van der Waals surface area contributed by atoms with Crippen molar-refractivity contribution in [2.24, 2.45) is 0 Å². The van der Waals surface area contributed by atoms with Gasteiger partial charge in [0.05, 0.1) is 53.6 Å². The molecule has 2 heterocycles. The first-order chi connectivity index (χ1) is 21.9. The summed E-state index contributed by atoms with van der Waals surface area (Å²) < 4.78 is 46.7. The average Bonchev–Trinajstić information content (AvgIpc) is 3.49. The van der Waals surface area contributed by atoms with Crippen molar-refractivity contribution in [3.8, 4) is 51.6 Å². The highest BCUT2D eigenvalue weighted by molar-refractivity contribution is 6.23. The molecule has 6 rings (SSSR count). The minimum Gasteiger partial charge on any atom is -0.497 e. The summed E-state index contributed by atoms with van der Waals surface area (Å²) >= 11 is 0. The first kappa shape index (κ1) is 29.7. The fourth-order valence-electron chi connectivity index (χ4n) is 5.84. The summed E-state index contributed by atoms with van der Waals surface area (Å²) in [5.74, 6) is 3.67. The molecule has 0 N–H and O–H groups in total. The van der Waals surface area contributed by atoms with E-state index in [0.29, 0.717) is 75.2 Å². The van der Waals surface area contributed by atoms with Crippen LogP contribution in [0.3, 0.4) is 0 Å². The van der Waals surface area contributed by atoms with Crippen molar-refractivity contribution in [3.63, 3.8) is 0 Å². The SMILES string of the molecule is COc1ccc(-c2oc3cc(OC)c4c(c3c2C(=O)c2c(OC)cc(OC)cc2OC)OC(c2ccc(OC)cc2)CC4)cc1. The molecule has 0 radical (unpaired) electrons. The Morgan fingerprint density at radius 1 is 0.667 bits per heavy atom. The molecule has 0 bridgehead atoms. The highest BCUT2D eigenvalue weighted by Gasteiger charge is 2.35. The molecule has 0 amide bonds. The van der Waals surface area contributed by atoms with Crippen LogP contribution < -0.4 is 33.2 Å². The molecule has 1 aromatic heterocycles. The lowest BCUT2D eigenvalue weighted by atomic mass is 9.91. The van der Waals surface area contributed by atoms with Crippen LogP contribution in [0, 0.1) is 0 Å². The van der Waals surface area contributed by atoms with E-state index in [1.165, 1.54) is 21.3 Å². The molecule has 45 heavy (non-hydrogen) atoms. The number of hydrogen-bond donors (Lipinski definition) is 0. The molecular weight excluding hydrogens is 576 g/mol. The van der Waals surface area contributed by atoms with Gasteiger partial charge in [0.25, 0.3) is 0 Å². The van der Waals surface area contributed by atoms with Gasteiger partial charge in [0.2, 0.25) is 5.78 Å². The smallest absolute Gasteiger partial charge is 0.205 e. The van der Waals surface area contributed by atoms with E-state index in [-0.39, 0.29) is 17.5 Å². The fourth-order valence-corrected chi connectivity index (χ4v) is 5.84. The standard InChI is InChI=1S/C36H34O9/c1-38-22-11-7-20(8-12-22)26-16-15-25-27(41-4)19-30-32(36(25)44-26)33(35(45-30)21-9-13-23(39-2)14-10-21)34(37)31-28(42-5)17-24(40-3)18-29(31)43-6/h7-14,17-19,26H,15-16H2,1-6H3. The van der Waals surface area contributed by atoms with Gasteiger partial charge in [-0.1, -0.05) is 12.1 Å². The highest BCUT2D eigenvalue weighted by Crippen LogP contribution is 2.50. The number of hydrogen-bond acceptors (Lipinski definition) is 9. The summed E-state index contributed by atoms with van der Waals surface area (Å²) in [5, 5.41) is 0.541. The minimum atomic E-state index is -0.363. The molecular formula is C36H34O9. The van der Waals surface area contributed by atoms with E-state index < -0.39 is 0 Å². The predicted octanol–water partition coefficient (Wildman–Crippen LogP) is 7.45. The second-order valence-corrected chi connectivity index (χ2v) is 10.4. The third-order valence-corrected chi connectivity index (χ3v) is 8.14. The summed E-state index contributed by atoms with van der Waals surface area (Å²) in [5.41, 5.74) is 3.51. The molecule has 1 unspecified atom stereocenters. The van der Waals surface area contributed by atoms with E-state index in [1.54, 1.807) is 33.5 Å². The quantitative estimate of drug-likeness (QED) is 0.149. The average molecular weight is 611 g/mol. The van der Waals surface area contributed by atoms with Crippen molar-refractivity contribution in [3.05, 3.63) is 89.0 Å². The fraction of sp³-hybridized carbons (Fsp3) is 0.250. The zero-order valence-corrected chi connectivity index (χ0v) is 26.0. The van der Waals surface area contributed by atoms with E-state index >= 15 is 0 Å². The number of ketones is 1. The Hall–Kier alpha value is -5.31. The van der Waals surface area contributed by atoms with E-state index in [1.807, 2.05) is 54.6 Å². The lowest BCUT2D eigenvalue weighted by Crippen LogP contribution is -2.17. The Morgan fingerprint density at radius 3 is 1.80 bits per heavy atom. The minimum absolute atomic E-state index is 0.227.